The van der Waals surface area contributed by atoms with Gasteiger partial charge in [0.05, 0.1) is 0 Å². The number of alkyl carbamates (subject to hydrolysis) is 1. The second-order valence-corrected chi connectivity index (χ2v) is 5.79. The van der Waals surface area contributed by atoms with Crippen molar-refractivity contribution in [2.45, 2.75) is 26.0 Å². The summed E-state index contributed by atoms with van der Waals surface area (Å²) in [6, 6.07) is 19.5. The van der Waals surface area contributed by atoms with Gasteiger partial charge in [-0.15, -0.1) is 0 Å². The van der Waals surface area contributed by atoms with Crippen LogP contribution in [0.15, 0.2) is 60.7 Å². The molecule has 22 heavy (non-hydrogen) atoms. The van der Waals surface area contributed by atoms with E-state index in [2.05, 4.69) is 10.6 Å². The molecule has 2 aromatic rings. The van der Waals surface area contributed by atoms with Crippen LogP contribution < -0.4 is 10.6 Å². The summed E-state index contributed by atoms with van der Waals surface area (Å²) in [5.74, 6) is 0. The highest BCUT2D eigenvalue weighted by Crippen LogP contribution is 2.13. The predicted molar refractivity (Wildman–Crippen MR) is 88.8 cm³/mol. The maximum atomic E-state index is 11.8. The van der Waals surface area contributed by atoms with E-state index in [1.165, 1.54) is 0 Å². The molecular formula is C18H22N2O2. The van der Waals surface area contributed by atoms with Gasteiger partial charge in [-0.05, 0) is 31.5 Å². The predicted octanol–water partition coefficient (Wildman–Crippen LogP) is 3.80. The molecular weight excluding hydrogens is 276 g/mol. The number of rotatable bonds is 6. The first-order valence-electron chi connectivity index (χ1n) is 7.33. The lowest BCUT2D eigenvalue weighted by Crippen LogP contribution is -2.44. The van der Waals surface area contributed by atoms with Crippen LogP contribution >= 0.6 is 0 Å². The topological polar surface area (TPSA) is 50.4 Å². The molecule has 116 valence electrons. The lowest BCUT2D eigenvalue weighted by atomic mass is 10.1. The molecule has 1 amide bonds. The molecule has 0 aliphatic rings. The smallest absolute Gasteiger partial charge is 0.407 e. The summed E-state index contributed by atoms with van der Waals surface area (Å²) >= 11 is 0. The highest BCUT2D eigenvalue weighted by atomic mass is 16.5. The molecule has 0 aromatic heterocycles. The van der Waals surface area contributed by atoms with E-state index >= 15 is 0 Å². The first kappa shape index (κ1) is 15.9. The Morgan fingerprint density at radius 2 is 1.59 bits per heavy atom. The van der Waals surface area contributed by atoms with Crippen LogP contribution in [0.3, 0.4) is 0 Å². The van der Waals surface area contributed by atoms with Gasteiger partial charge < -0.3 is 15.4 Å². The minimum absolute atomic E-state index is 0.271. The average molecular weight is 298 g/mol. The van der Waals surface area contributed by atoms with Crippen molar-refractivity contribution in [3.8, 4) is 0 Å². The molecule has 2 aromatic carbocycles. The van der Waals surface area contributed by atoms with E-state index < -0.39 is 6.09 Å². The van der Waals surface area contributed by atoms with Crippen molar-refractivity contribution in [1.29, 1.82) is 0 Å². The zero-order chi connectivity index (χ0) is 15.8. The van der Waals surface area contributed by atoms with Gasteiger partial charge in [0.15, 0.2) is 0 Å². The number of anilines is 1. The van der Waals surface area contributed by atoms with Gasteiger partial charge >= 0.3 is 6.09 Å². The van der Waals surface area contributed by atoms with Crippen LogP contribution in [-0.4, -0.2) is 18.2 Å². The quantitative estimate of drug-likeness (QED) is 0.852. The van der Waals surface area contributed by atoms with E-state index in [0.717, 1.165) is 11.3 Å². The number of para-hydroxylation sites is 1. The molecule has 0 aliphatic carbocycles. The molecule has 4 heteroatoms. The van der Waals surface area contributed by atoms with Crippen LogP contribution in [0.5, 0.6) is 0 Å². The molecule has 0 aliphatic heterocycles. The van der Waals surface area contributed by atoms with Crippen molar-refractivity contribution in [3.05, 3.63) is 66.2 Å². The fourth-order valence-corrected chi connectivity index (χ4v) is 2.02. The summed E-state index contributed by atoms with van der Waals surface area (Å²) in [6.45, 7) is 4.80. The number of nitrogens with one attached hydrogen (secondary N) is 2. The summed E-state index contributed by atoms with van der Waals surface area (Å²) < 4.78 is 5.20. The Bertz CT molecular complexity index is 583. The third-order valence-electron chi connectivity index (χ3n) is 3.14. The van der Waals surface area contributed by atoms with E-state index in [4.69, 9.17) is 4.74 Å². The largest absolute Gasteiger partial charge is 0.445 e. The normalized spacial score (nSPS) is 10.8. The standard InChI is InChI=1S/C18H22N2O2/c1-18(2,20-16-11-7-4-8-12-16)14-19-17(21)22-13-15-9-5-3-6-10-15/h3-12,20H,13-14H2,1-2H3,(H,19,21). The molecule has 0 atom stereocenters. The summed E-state index contributed by atoms with van der Waals surface area (Å²) in [5, 5.41) is 6.17. The van der Waals surface area contributed by atoms with E-state index in [1.807, 2.05) is 74.5 Å². The molecule has 4 nitrogen and oxygen atoms in total. The van der Waals surface area contributed by atoms with Crippen molar-refractivity contribution < 1.29 is 9.53 Å². The van der Waals surface area contributed by atoms with Gasteiger partial charge in [-0.25, -0.2) is 4.79 Å². The lowest BCUT2D eigenvalue weighted by molar-refractivity contribution is 0.138. The van der Waals surface area contributed by atoms with Crippen molar-refractivity contribution in [1.82, 2.24) is 5.32 Å². The van der Waals surface area contributed by atoms with Crippen molar-refractivity contribution in [3.63, 3.8) is 0 Å². The summed E-state index contributed by atoms with van der Waals surface area (Å²) in [5.41, 5.74) is 1.72. The molecule has 0 saturated heterocycles. The highest BCUT2D eigenvalue weighted by molar-refractivity contribution is 5.67. The van der Waals surface area contributed by atoms with Crippen LogP contribution in [-0.2, 0) is 11.3 Å². The number of benzene rings is 2. The van der Waals surface area contributed by atoms with Crippen LogP contribution in [0.25, 0.3) is 0 Å². The maximum Gasteiger partial charge on any atom is 0.407 e. The van der Waals surface area contributed by atoms with Gasteiger partial charge in [-0.2, -0.15) is 0 Å². The van der Waals surface area contributed by atoms with Crippen LogP contribution in [0.2, 0.25) is 0 Å². The molecule has 0 radical (unpaired) electrons. The Balaban J connectivity index is 1.75. The molecule has 0 spiro atoms. The summed E-state index contributed by atoms with van der Waals surface area (Å²) in [7, 11) is 0. The maximum absolute atomic E-state index is 11.8. The van der Waals surface area contributed by atoms with Crippen LogP contribution in [0.4, 0.5) is 10.5 Å². The fraction of sp³-hybridized carbons (Fsp3) is 0.278. The number of hydrogen-bond donors (Lipinski definition) is 2. The molecule has 2 N–H and O–H groups in total. The third kappa shape index (κ3) is 5.48. The van der Waals surface area contributed by atoms with E-state index in [9.17, 15) is 4.79 Å². The van der Waals surface area contributed by atoms with Crippen LogP contribution in [0, 0.1) is 0 Å². The van der Waals surface area contributed by atoms with E-state index in [1.54, 1.807) is 0 Å². The van der Waals surface area contributed by atoms with Gasteiger partial charge in [0.25, 0.3) is 0 Å². The van der Waals surface area contributed by atoms with Gasteiger partial charge in [0, 0.05) is 17.8 Å². The molecule has 0 heterocycles. The zero-order valence-electron chi connectivity index (χ0n) is 13.0. The van der Waals surface area contributed by atoms with Crippen molar-refractivity contribution in [2.75, 3.05) is 11.9 Å². The number of hydrogen-bond acceptors (Lipinski definition) is 3. The molecule has 0 unspecified atom stereocenters. The third-order valence-corrected chi connectivity index (χ3v) is 3.14. The Kier molecular flexibility index (Phi) is 5.42. The summed E-state index contributed by atoms with van der Waals surface area (Å²) in [6.07, 6.45) is -0.410. The Hall–Kier alpha value is -2.49. The Morgan fingerprint density at radius 1 is 1.00 bits per heavy atom. The van der Waals surface area contributed by atoms with Gasteiger partial charge in [0.1, 0.15) is 6.61 Å². The fourth-order valence-electron chi connectivity index (χ4n) is 2.02. The number of ether oxygens (including phenoxy) is 1. The second kappa shape index (κ2) is 7.50. The van der Waals surface area contributed by atoms with Crippen molar-refractivity contribution >= 4 is 11.8 Å². The van der Waals surface area contributed by atoms with E-state index in [0.29, 0.717) is 6.54 Å². The number of carbonyl (C=O) groups excluding carboxylic acids is 1. The average Bonchev–Trinajstić information content (AvgIpc) is 2.53. The zero-order valence-corrected chi connectivity index (χ0v) is 13.0. The summed E-state index contributed by atoms with van der Waals surface area (Å²) in [4.78, 5) is 11.8. The highest BCUT2D eigenvalue weighted by Gasteiger charge is 2.18. The van der Waals surface area contributed by atoms with Crippen molar-refractivity contribution in [2.24, 2.45) is 0 Å². The first-order valence-corrected chi connectivity index (χ1v) is 7.33. The van der Waals surface area contributed by atoms with Gasteiger partial charge in [-0.1, -0.05) is 48.5 Å². The monoisotopic (exact) mass is 298 g/mol. The van der Waals surface area contributed by atoms with Crippen LogP contribution in [0.1, 0.15) is 19.4 Å². The van der Waals surface area contributed by atoms with Gasteiger partial charge in [0.2, 0.25) is 0 Å². The van der Waals surface area contributed by atoms with Gasteiger partial charge in [-0.3, -0.25) is 0 Å². The minimum Gasteiger partial charge on any atom is -0.445 e. The lowest BCUT2D eigenvalue weighted by Gasteiger charge is -2.27. The molecule has 0 fully saturated rings. The van der Waals surface area contributed by atoms with E-state index in [-0.39, 0.29) is 12.1 Å². The molecule has 0 saturated carbocycles. The number of carbonyl (C=O) groups is 1. The Labute approximate surface area is 131 Å². The minimum atomic E-state index is -0.410. The second-order valence-electron chi connectivity index (χ2n) is 5.79. The Morgan fingerprint density at radius 3 is 2.23 bits per heavy atom. The SMILES string of the molecule is CC(C)(CNC(=O)OCc1ccccc1)Nc1ccccc1. The number of amides is 1. The molecule has 2 rings (SSSR count). The molecule has 0 bridgehead atoms. The first-order chi connectivity index (χ1) is 10.6.